The number of aliphatic carboxylic acids is 1. The van der Waals surface area contributed by atoms with Crippen LogP contribution < -0.4 is 3.95 Å². The second-order valence-corrected chi connectivity index (χ2v) is 8.98. The number of alkyl halides is 2. The molecule has 0 spiro atoms. The van der Waals surface area contributed by atoms with Crippen molar-refractivity contribution in [1.29, 1.82) is 0 Å². The van der Waals surface area contributed by atoms with E-state index in [2.05, 4.69) is 0 Å². The molecule has 0 aliphatic rings. The Morgan fingerprint density at radius 2 is 2.00 bits per heavy atom. The molecular formula is C9H22BIN2O4. The van der Waals surface area contributed by atoms with Crippen LogP contribution in [0.5, 0.6) is 0 Å². The Hall–Kier alpha value is 0.105. The maximum absolute atomic E-state index is 10.4. The topological polar surface area (TPSA) is 107 Å². The molecule has 17 heavy (non-hydrogen) atoms. The monoisotopic (exact) mass is 360 g/mol. The Kier molecular flexibility index (Phi) is 10.1. The van der Waals surface area contributed by atoms with Crippen molar-refractivity contribution >= 4 is 33.2 Å². The molecule has 0 aliphatic heterocycles. The van der Waals surface area contributed by atoms with Gasteiger partial charge in [-0.05, 0) is 0 Å². The average Bonchev–Trinajstić information content (AvgIpc) is 2.20. The SMILES string of the molecule is CN(CCI(N)CCCCB(O)O)CC(=O)O. The molecule has 0 aliphatic carbocycles. The first kappa shape index (κ1) is 17.1. The summed E-state index contributed by atoms with van der Waals surface area (Å²) in [7, 11) is 0.567. The van der Waals surface area contributed by atoms with E-state index in [-0.39, 0.29) is 6.54 Å². The number of likely N-dealkylation sites (N-methyl/N-ethyl adjacent to an activating group) is 1. The fraction of sp³-hybridized carbons (Fsp3) is 0.889. The zero-order chi connectivity index (χ0) is 13.3. The van der Waals surface area contributed by atoms with E-state index >= 15 is 0 Å². The Balaban J connectivity index is 3.45. The number of nitrogens with zero attached hydrogens (tertiary/aromatic N) is 1. The van der Waals surface area contributed by atoms with Crippen molar-refractivity contribution in [3.63, 3.8) is 0 Å². The molecule has 102 valence electrons. The van der Waals surface area contributed by atoms with Gasteiger partial charge in [-0.25, -0.2) is 0 Å². The zero-order valence-corrected chi connectivity index (χ0v) is 12.3. The number of carboxylic acid groups (broad SMARTS) is 1. The van der Waals surface area contributed by atoms with E-state index in [1.54, 1.807) is 11.9 Å². The molecule has 0 rings (SSSR count). The van der Waals surface area contributed by atoms with Gasteiger partial charge in [-0.2, -0.15) is 0 Å². The molecule has 5 N–H and O–H groups in total. The third-order valence-corrected chi connectivity index (χ3v) is 6.22. The molecule has 0 aromatic carbocycles. The summed E-state index contributed by atoms with van der Waals surface area (Å²) in [5.41, 5.74) is 0. The van der Waals surface area contributed by atoms with Crippen molar-refractivity contribution < 1.29 is 19.9 Å². The van der Waals surface area contributed by atoms with Crippen LogP contribution in [0.2, 0.25) is 6.32 Å². The summed E-state index contributed by atoms with van der Waals surface area (Å²) in [6, 6.07) is 0. The zero-order valence-electron chi connectivity index (χ0n) is 10.2. The fourth-order valence-corrected chi connectivity index (χ4v) is 4.75. The van der Waals surface area contributed by atoms with E-state index in [1.165, 1.54) is 0 Å². The number of carbonyl (C=O) groups is 1. The Labute approximate surface area is 110 Å². The number of nitrogens with two attached hydrogens (primary N) is 1. The van der Waals surface area contributed by atoms with Gasteiger partial charge in [0.15, 0.2) is 0 Å². The summed E-state index contributed by atoms with van der Waals surface area (Å²) < 4.78 is 7.92. The summed E-state index contributed by atoms with van der Waals surface area (Å²) >= 11 is -1.43. The molecule has 0 aromatic rings. The van der Waals surface area contributed by atoms with Gasteiger partial charge in [0.05, 0.1) is 0 Å². The van der Waals surface area contributed by atoms with Crippen LogP contribution in [0.4, 0.5) is 0 Å². The standard InChI is InChI=1S/C9H22BIN2O4/c1-13(8-9(14)15)7-6-11(12)5-3-2-4-10(16)17/h16-17H,2-8,12H2,1H3,(H,14,15). The van der Waals surface area contributed by atoms with Gasteiger partial charge in [-0.3, -0.25) is 0 Å². The molecular weight excluding hydrogens is 338 g/mol. The van der Waals surface area contributed by atoms with Crippen molar-refractivity contribution in [2.45, 2.75) is 19.2 Å². The van der Waals surface area contributed by atoms with E-state index < -0.39 is 33.2 Å². The van der Waals surface area contributed by atoms with Gasteiger partial charge < -0.3 is 0 Å². The van der Waals surface area contributed by atoms with Crippen LogP contribution in [-0.2, 0) is 4.79 Å². The van der Waals surface area contributed by atoms with E-state index in [9.17, 15) is 4.79 Å². The second-order valence-electron chi connectivity index (χ2n) is 3.98. The summed E-state index contributed by atoms with van der Waals surface area (Å²) in [5.74, 6) is -0.818. The van der Waals surface area contributed by atoms with Gasteiger partial charge >= 0.3 is 110 Å². The maximum atomic E-state index is 10.4. The number of rotatable bonds is 10. The number of unbranched alkanes of at least 4 members (excludes halogenated alkanes) is 1. The van der Waals surface area contributed by atoms with Crippen LogP contribution in [-0.4, -0.2) is 62.1 Å². The number of carboxylic acids is 1. The molecule has 0 bridgehead atoms. The van der Waals surface area contributed by atoms with E-state index in [4.69, 9.17) is 19.1 Å². The average molecular weight is 360 g/mol. The Morgan fingerprint density at radius 1 is 1.35 bits per heavy atom. The fourth-order valence-electron chi connectivity index (χ4n) is 1.25. The van der Waals surface area contributed by atoms with Crippen LogP contribution in [0, 0.1) is 0 Å². The van der Waals surface area contributed by atoms with Crippen molar-refractivity contribution in [3.8, 4) is 0 Å². The molecule has 0 fully saturated rings. The van der Waals surface area contributed by atoms with Crippen LogP contribution >= 0.6 is 20.1 Å². The molecule has 0 radical (unpaired) electrons. The van der Waals surface area contributed by atoms with Crippen LogP contribution in [0.25, 0.3) is 0 Å². The third kappa shape index (κ3) is 12.4. The van der Waals surface area contributed by atoms with Crippen LogP contribution in [0.3, 0.4) is 0 Å². The normalized spacial score (nSPS) is 11.7. The van der Waals surface area contributed by atoms with Crippen molar-refractivity contribution in [2.75, 3.05) is 29.0 Å². The Bertz CT molecular complexity index is 221. The van der Waals surface area contributed by atoms with E-state index in [0.29, 0.717) is 6.32 Å². The van der Waals surface area contributed by atoms with Crippen molar-refractivity contribution in [3.05, 3.63) is 0 Å². The molecule has 0 heterocycles. The van der Waals surface area contributed by atoms with Gasteiger partial charge in [0.25, 0.3) is 0 Å². The molecule has 8 heteroatoms. The molecule has 0 saturated carbocycles. The molecule has 0 saturated heterocycles. The summed E-state index contributed by atoms with van der Waals surface area (Å²) in [4.78, 5) is 12.2. The molecule has 0 atom stereocenters. The van der Waals surface area contributed by atoms with Gasteiger partial charge in [-0.15, -0.1) is 0 Å². The van der Waals surface area contributed by atoms with Crippen LogP contribution in [0.1, 0.15) is 12.8 Å². The van der Waals surface area contributed by atoms with Crippen molar-refractivity contribution in [1.82, 2.24) is 4.90 Å². The van der Waals surface area contributed by atoms with Gasteiger partial charge in [-0.1, -0.05) is 0 Å². The predicted octanol–water partition coefficient (Wildman–Crippen LogP) is -0.364. The third-order valence-electron chi connectivity index (χ3n) is 2.20. The molecule has 6 nitrogen and oxygen atoms in total. The minimum absolute atomic E-state index is 0.0562. The number of hydrogen-bond donors (Lipinski definition) is 4. The summed E-state index contributed by atoms with van der Waals surface area (Å²) in [6.45, 7) is 0.789. The summed E-state index contributed by atoms with van der Waals surface area (Å²) in [6.07, 6.45) is 2.12. The molecule has 0 amide bonds. The van der Waals surface area contributed by atoms with Gasteiger partial charge in [0, 0.05) is 0 Å². The van der Waals surface area contributed by atoms with Crippen LogP contribution in [0.15, 0.2) is 0 Å². The second kappa shape index (κ2) is 10.1. The number of hydrogen-bond acceptors (Lipinski definition) is 5. The number of halogens is 1. The van der Waals surface area contributed by atoms with Gasteiger partial charge in [0.1, 0.15) is 0 Å². The first-order valence-corrected chi connectivity index (χ1v) is 9.84. The van der Waals surface area contributed by atoms with Gasteiger partial charge in [0.2, 0.25) is 0 Å². The minimum atomic E-state index is -1.43. The quantitative estimate of drug-likeness (QED) is 0.139. The first-order valence-electron chi connectivity index (χ1n) is 5.54. The molecule has 0 unspecified atom stereocenters. The predicted molar refractivity (Wildman–Crippen MR) is 77.3 cm³/mol. The van der Waals surface area contributed by atoms with E-state index in [1.807, 2.05) is 0 Å². The first-order chi connectivity index (χ1) is 7.91. The van der Waals surface area contributed by atoms with E-state index in [0.717, 1.165) is 28.2 Å². The van der Waals surface area contributed by atoms with Crippen molar-refractivity contribution in [2.24, 2.45) is 3.95 Å². The Morgan fingerprint density at radius 3 is 2.53 bits per heavy atom. The summed E-state index contributed by atoms with van der Waals surface area (Å²) in [5, 5.41) is 25.9. The molecule has 0 aromatic heterocycles.